The maximum absolute atomic E-state index is 15.2. The highest BCUT2D eigenvalue weighted by Crippen LogP contribution is 2.62. The van der Waals surface area contributed by atoms with E-state index in [1.54, 1.807) is 37.5 Å². The number of hydrogen-bond donors (Lipinski definition) is 3. The second kappa shape index (κ2) is 21.9. The number of methoxy groups -OCH3 is 2. The van der Waals surface area contributed by atoms with Gasteiger partial charge in [-0.05, 0) is 110 Å². The predicted octanol–water partition coefficient (Wildman–Crippen LogP) is 9.67. The molecule has 0 spiro atoms. The van der Waals surface area contributed by atoms with Crippen molar-refractivity contribution >= 4 is 34.2 Å². The van der Waals surface area contributed by atoms with Gasteiger partial charge in [-0.3, -0.25) is 10.1 Å². The Morgan fingerprint density at radius 2 is 1.69 bits per heavy atom. The Hall–Kier alpha value is -5.89. The number of nitrogens with one attached hydrogen (secondary N) is 1. The first kappa shape index (κ1) is 47.1. The Kier molecular flexibility index (Phi) is 15.8. The van der Waals surface area contributed by atoms with Gasteiger partial charge in [0.1, 0.15) is 35.6 Å². The number of hydrogen-bond acceptors (Lipinski definition) is 11. The minimum atomic E-state index is -1.43. The number of carbonyl (C=O) groups is 2. The van der Waals surface area contributed by atoms with Gasteiger partial charge in [0.25, 0.3) is 5.91 Å². The summed E-state index contributed by atoms with van der Waals surface area (Å²) in [5, 5.41) is 29.5. The van der Waals surface area contributed by atoms with E-state index in [0.29, 0.717) is 72.4 Å². The van der Waals surface area contributed by atoms with Crippen LogP contribution in [0.4, 0.5) is 10.5 Å². The smallest absolute Gasteiger partial charge is 0.417 e. The molecule has 4 aromatic carbocycles. The van der Waals surface area contributed by atoms with E-state index in [-0.39, 0.29) is 49.9 Å². The molecular weight excluding hydrogens is 827 g/mol. The molecule has 3 aliphatic rings. The number of aliphatic hydroxyl groups excluding tert-OH is 2. The summed E-state index contributed by atoms with van der Waals surface area (Å²) < 4.78 is 31.3. The van der Waals surface area contributed by atoms with Crippen LogP contribution in [0.5, 0.6) is 23.0 Å². The SMILES string of the molecule is C=CCO[C@@]12Oc3ccc(OC(=O)Nc4ccc(OC)cc4OC)cc3[C@H]3[C@H](CCCCO)[C@@H](CCCCO)C=C(C(=NOCC)C[C@@H]1N(CCC)C(=O)c1ccc4ccccc4c1)[C@H]32. The van der Waals surface area contributed by atoms with E-state index >= 15 is 4.79 Å². The number of allylic oxidation sites excluding steroid dienone is 1. The molecule has 0 aromatic heterocycles. The fourth-order valence-corrected chi connectivity index (χ4v) is 10.1. The number of amides is 2. The van der Waals surface area contributed by atoms with Gasteiger partial charge < -0.3 is 43.6 Å². The molecule has 2 aliphatic carbocycles. The maximum atomic E-state index is 15.2. The first-order valence-electron chi connectivity index (χ1n) is 22.9. The molecule has 13 nitrogen and oxygen atoms in total. The van der Waals surface area contributed by atoms with Crippen LogP contribution in [-0.4, -0.2) is 91.8 Å². The molecule has 0 radical (unpaired) electrons. The molecule has 2 amide bonds. The summed E-state index contributed by atoms with van der Waals surface area (Å²) in [6, 6.07) is 23.6. The van der Waals surface area contributed by atoms with Crippen molar-refractivity contribution in [3.8, 4) is 23.0 Å². The topological polar surface area (TPSA) is 158 Å². The lowest BCUT2D eigenvalue weighted by molar-refractivity contribution is -0.254. The van der Waals surface area contributed by atoms with Crippen molar-refractivity contribution in [1.82, 2.24) is 4.90 Å². The Balaban J connectivity index is 1.39. The molecule has 1 fully saturated rings. The largest absolute Gasteiger partial charge is 0.497 e. The van der Waals surface area contributed by atoms with Gasteiger partial charge >= 0.3 is 6.09 Å². The lowest BCUT2D eigenvalue weighted by atomic mass is 9.55. The summed E-state index contributed by atoms with van der Waals surface area (Å²) in [5.41, 5.74) is 3.42. The number of benzene rings is 4. The van der Waals surface area contributed by atoms with Gasteiger partial charge in [-0.2, -0.15) is 0 Å². The molecule has 4 aromatic rings. The lowest BCUT2D eigenvalue weighted by Gasteiger charge is -2.60. The minimum Gasteiger partial charge on any atom is -0.497 e. The summed E-state index contributed by atoms with van der Waals surface area (Å²) in [4.78, 5) is 36.6. The van der Waals surface area contributed by atoms with E-state index in [4.69, 9.17) is 33.7 Å². The van der Waals surface area contributed by atoms with Crippen LogP contribution in [0.2, 0.25) is 0 Å². The van der Waals surface area contributed by atoms with E-state index in [1.165, 1.54) is 7.11 Å². The summed E-state index contributed by atoms with van der Waals surface area (Å²) in [6.45, 7) is 9.03. The Morgan fingerprint density at radius 1 is 0.923 bits per heavy atom. The van der Waals surface area contributed by atoms with E-state index in [9.17, 15) is 15.0 Å². The molecule has 346 valence electrons. The number of rotatable bonds is 21. The van der Waals surface area contributed by atoms with Crippen molar-refractivity contribution in [2.24, 2.45) is 22.9 Å². The van der Waals surface area contributed by atoms with E-state index in [2.05, 4.69) is 24.9 Å². The molecule has 0 saturated heterocycles. The molecule has 1 saturated carbocycles. The van der Waals surface area contributed by atoms with E-state index in [1.807, 2.05) is 66.4 Å². The number of ether oxygens (including phenoxy) is 5. The van der Waals surface area contributed by atoms with Crippen LogP contribution in [0.25, 0.3) is 10.8 Å². The molecule has 13 heteroatoms. The first-order chi connectivity index (χ1) is 31.7. The van der Waals surface area contributed by atoms with Crippen molar-refractivity contribution in [2.75, 3.05) is 52.5 Å². The van der Waals surface area contributed by atoms with E-state index < -0.39 is 23.8 Å². The fourth-order valence-electron chi connectivity index (χ4n) is 10.1. The number of anilines is 1. The van der Waals surface area contributed by atoms with Crippen molar-refractivity contribution in [3.63, 3.8) is 0 Å². The standard InChI is InChI=1S/C52H63N3O10/c1-6-25-55(50(58)37-20-19-34-15-9-10-16-35(34)29-37)47-33-44(54-63-8-3)41-30-36(17-11-13-26-56)40(18-12-14-27-57)48-42-31-39(22-24-45(42)65-52(47,49(41)48)62-28-7-2)64-51(59)53-43-23-21-38(60-4)32-46(43)61-5/h7,9-10,15-16,19-24,29-32,36,40,47-49,56-57H,2,6,8,11-14,17-18,25-28,33H2,1,3-5H3,(H,53,59)/t36-,40+,47-,48+,49+,52+/m0/s1. The quantitative estimate of drug-likeness (QED) is 0.0418. The van der Waals surface area contributed by atoms with Gasteiger partial charge in [0.15, 0.2) is 0 Å². The van der Waals surface area contributed by atoms with Crippen molar-refractivity contribution < 1.29 is 48.3 Å². The first-order valence-corrected chi connectivity index (χ1v) is 22.9. The zero-order chi connectivity index (χ0) is 45.9. The van der Waals surface area contributed by atoms with Crippen LogP contribution >= 0.6 is 0 Å². The molecule has 6 atom stereocenters. The number of oxime groups is 1. The average molecular weight is 890 g/mol. The number of fused-ring (bicyclic) bond motifs is 3. The second-order valence-electron chi connectivity index (χ2n) is 16.8. The third-order valence-electron chi connectivity index (χ3n) is 12.9. The molecule has 3 N–H and O–H groups in total. The summed E-state index contributed by atoms with van der Waals surface area (Å²) in [6.07, 6.45) is 8.63. The van der Waals surface area contributed by atoms with Gasteiger partial charge in [0.2, 0.25) is 5.79 Å². The highest BCUT2D eigenvalue weighted by molar-refractivity contribution is 6.04. The van der Waals surface area contributed by atoms with Gasteiger partial charge in [-0.25, -0.2) is 4.79 Å². The zero-order valence-corrected chi connectivity index (χ0v) is 38.0. The molecular formula is C52H63N3O10. The van der Waals surface area contributed by atoms with Gasteiger partial charge in [-0.1, -0.05) is 67.4 Å². The number of carbonyl (C=O) groups excluding carboxylic acids is 2. The Labute approximate surface area is 382 Å². The molecule has 1 aliphatic heterocycles. The molecule has 65 heavy (non-hydrogen) atoms. The summed E-state index contributed by atoms with van der Waals surface area (Å²) >= 11 is 0. The molecule has 1 heterocycles. The minimum absolute atomic E-state index is 0.0149. The highest BCUT2D eigenvalue weighted by atomic mass is 16.7. The number of unbranched alkanes of at least 4 members (excludes halogenated alkanes) is 2. The van der Waals surface area contributed by atoms with Gasteiger partial charge in [0, 0.05) is 49.3 Å². The van der Waals surface area contributed by atoms with Crippen molar-refractivity contribution in [3.05, 3.63) is 114 Å². The van der Waals surface area contributed by atoms with Crippen LogP contribution in [-0.2, 0) is 9.57 Å². The summed E-state index contributed by atoms with van der Waals surface area (Å²) in [5.74, 6) is -0.560. The van der Waals surface area contributed by atoms with Crippen molar-refractivity contribution in [2.45, 2.75) is 83.0 Å². The van der Waals surface area contributed by atoms with E-state index in [0.717, 1.165) is 47.6 Å². The fraction of sp³-hybridized carbons (Fsp3) is 0.442. The van der Waals surface area contributed by atoms with Crippen LogP contribution < -0.4 is 24.3 Å². The molecule has 0 bridgehead atoms. The monoisotopic (exact) mass is 889 g/mol. The highest BCUT2D eigenvalue weighted by Gasteiger charge is 2.65. The van der Waals surface area contributed by atoms with Crippen LogP contribution in [0.1, 0.15) is 87.1 Å². The second-order valence-corrected chi connectivity index (χ2v) is 16.8. The molecule has 0 unspecified atom stereocenters. The zero-order valence-electron chi connectivity index (χ0n) is 38.0. The maximum Gasteiger partial charge on any atom is 0.417 e. The van der Waals surface area contributed by atoms with Crippen LogP contribution in [0, 0.1) is 17.8 Å². The van der Waals surface area contributed by atoms with Gasteiger partial charge in [0.05, 0.1) is 38.1 Å². The average Bonchev–Trinajstić information content (AvgIpc) is 3.32. The number of aliphatic hydroxyl groups is 2. The lowest BCUT2D eigenvalue weighted by Crippen LogP contribution is -2.70. The summed E-state index contributed by atoms with van der Waals surface area (Å²) in [7, 11) is 3.06. The molecule has 7 rings (SSSR count). The van der Waals surface area contributed by atoms with Gasteiger partial charge in [-0.15, -0.1) is 6.58 Å². The Morgan fingerprint density at radius 3 is 2.42 bits per heavy atom. The normalized spacial score (nSPS) is 22.5. The third kappa shape index (κ3) is 10.0. The number of nitrogens with zero attached hydrogens (tertiary/aromatic N) is 2. The predicted molar refractivity (Wildman–Crippen MR) is 251 cm³/mol. The Bertz CT molecular complexity index is 2360. The van der Waals surface area contributed by atoms with Crippen molar-refractivity contribution in [1.29, 1.82) is 0 Å². The van der Waals surface area contributed by atoms with Crippen LogP contribution in [0.15, 0.2) is 108 Å². The third-order valence-corrected chi connectivity index (χ3v) is 12.9. The van der Waals surface area contributed by atoms with Crippen LogP contribution in [0.3, 0.4) is 0 Å².